The summed E-state index contributed by atoms with van der Waals surface area (Å²) in [6.45, 7) is 0.453. The van der Waals surface area contributed by atoms with E-state index in [9.17, 15) is 12.8 Å². The third-order valence-electron chi connectivity index (χ3n) is 4.70. The van der Waals surface area contributed by atoms with Crippen LogP contribution in [0.3, 0.4) is 0 Å². The number of sulfonamides is 1. The molecule has 28 heavy (non-hydrogen) atoms. The highest BCUT2D eigenvalue weighted by molar-refractivity contribution is 7.89. The standard InChI is InChI=1S/C18H14FN6O2S/c19-13-1-3-15(4-2-13)28(26,27)24-9-14(10-24)25-8-12(7-23-25)17-16-5-6-20-18(16)22-11-21-17/h1-8,11H,9-10H2,(H,20,21,22). The van der Waals surface area contributed by atoms with Crippen LogP contribution in [0.5, 0.6) is 0 Å². The molecule has 1 N–H and O–H groups in total. The first-order valence-corrected chi connectivity index (χ1v) is 9.90. The van der Waals surface area contributed by atoms with E-state index in [2.05, 4.69) is 20.1 Å². The number of nitrogens with zero attached hydrogens (tertiary/aromatic N) is 5. The van der Waals surface area contributed by atoms with Crippen LogP contribution in [-0.4, -0.2) is 50.5 Å². The van der Waals surface area contributed by atoms with Crippen molar-refractivity contribution in [1.82, 2.24) is 29.0 Å². The van der Waals surface area contributed by atoms with E-state index in [1.165, 1.54) is 22.8 Å². The van der Waals surface area contributed by atoms with E-state index < -0.39 is 15.8 Å². The summed E-state index contributed by atoms with van der Waals surface area (Å²) < 4.78 is 41.2. The van der Waals surface area contributed by atoms with Gasteiger partial charge in [-0.1, -0.05) is 0 Å². The number of aromatic nitrogens is 5. The molecule has 10 heteroatoms. The Kier molecular flexibility index (Phi) is 3.78. The zero-order valence-corrected chi connectivity index (χ0v) is 15.3. The van der Waals surface area contributed by atoms with Gasteiger partial charge in [0.2, 0.25) is 10.0 Å². The van der Waals surface area contributed by atoms with Crippen molar-refractivity contribution in [3.63, 3.8) is 0 Å². The minimum Gasteiger partial charge on any atom is -0.346 e. The fourth-order valence-corrected chi connectivity index (χ4v) is 4.57. The predicted octanol–water partition coefficient (Wildman–Crippen LogP) is 2.05. The third kappa shape index (κ3) is 2.69. The van der Waals surface area contributed by atoms with Gasteiger partial charge in [-0.15, -0.1) is 0 Å². The van der Waals surface area contributed by atoms with Crippen LogP contribution in [0.15, 0.2) is 60.1 Å². The first kappa shape index (κ1) is 17.0. The van der Waals surface area contributed by atoms with Gasteiger partial charge >= 0.3 is 0 Å². The van der Waals surface area contributed by atoms with E-state index in [1.54, 1.807) is 17.1 Å². The third-order valence-corrected chi connectivity index (χ3v) is 6.51. The fraction of sp³-hybridized carbons (Fsp3) is 0.111. The summed E-state index contributed by atoms with van der Waals surface area (Å²) in [7, 11) is -3.65. The largest absolute Gasteiger partial charge is 0.346 e. The molecule has 1 aliphatic heterocycles. The van der Waals surface area contributed by atoms with E-state index in [4.69, 9.17) is 0 Å². The molecular formula is C18H14FN6O2S. The maximum Gasteiger partial charge on any atom is 0.243 e. The van der Waals surface area contributed by atoms with Crippen LogP contribution >= 0.6 is 0 Å². The van der Waals surface area contributed by atoms with Gasteiger partial charge in [0.1, 0.15) is 23.8 Å². The van der Waals surface area contributed by atoms with Gasteiger partial charge in [-0.05, 0) is 30.3 Å². The van der Waals surface area contributed by atoms with Crippen LogP contribution in [0.4, 0.5) is 4.39 Å². The van der Waals surface area contributed by atoms with Crippen LogP contribution in [0.2, 0.25) is 0 Å². The van der Waals surface area contributed by atoms with E-state index in [0.717, 1.165) is 40.5 Å². The topological polar surface area (TPSA) is 96.8 Å². The van der Waals surface area contributed by atoms with Gasteiger partial charge < -0.3 is 4.98 Å². The molecule has 0 spiro atoms. The molecule has 0 aliphatic carbocycles. The molecule has 141 valence electrons. The van der Waals surface area contributed by atoms with E-state index in [0.29, 0.717) is 0 Å². The summed E-state index contributed by atoms with van der Waals surface area (Å²) in [5.74, 6) is -0.472. The van der Waals surface area contributed by atoms with Gasteiger partial charge in [0, 0.05) is 36.4 Å². The Balaban J connectivity index is 1.35. The molecule has 1 saturated heterocycles. The number of nitrogens with one attached hydrogen (secondary N) is 1. The van der Waals surface area contributed by atoms with Crippen LogP contribution in [0.1, 0.15) is 0 Å². The molecule has 0 atom stereocenters. The number of rotatable bonds is 4. The number of benzene rings is 1. The van der Waals surface area contributed by atoms with Crippen LogP contribution in [0, 0.1) is 11.9 Å². The van der Waals surface area contributed by atoms with E-state index >= 15 is 0 Å². The molecule has 1 aromatic carbocycles. The average molecular weight is 397 g/mol. The second kappa shape index (κ2) is 6.21. The molecule has 0 amide bonds. The van der Waals surface area contributed by atoms with Gasteiger partial charge in [-0.25, -0.2) is 22.8 Å². The molecule has 4 heterocycles. The minimum atomic E-state index is -3.65. The molecular weight excluding hydrogens is 383 g/mol. The maximum absolute atomic E-state index is 13.0. The van der Waals surface area contributed by atoms with Gasteiger partial charge in [-0.2, -0.15) is 9.40 Å². The van der Waals surface area contributed by atoms with Crippen molar-refractivity contribution in [2.24, 2.45) is 0 Å². The number of hydrogen-bond donors (Lipinski definition) is 1. The van der Waals surface area contributed by atoms with E-state index in [-0.39, 0.29) is 18.0 Å². The Labute approximate surface area is 159 Å². The normalized spacial score (nSPS) is 15.8. The molecule has 1 aliphatic rings. The second-order valence-corrected chi connectivity index (χ2v) is 8.37. The van der Waals surface area contributed by atoms with Gasteiger partial charge in [-0.3, -0.25) is 4.68 Å². The zero-order chi connectivity index (χ0) is 19.3. The first-order chi connectivity index (χ1) is 13.5. The maximum atomic E-state index is 13.0. The van der Waals surface area contributed by atoms with Crippen molar-refractivity contribution in [2.75, 3.05) is 13.1 Å². The highest BCUT2D eigenvalue weighted by Gasteiger charge is 2.39. The lowest BCUT2D eigenvalue weighted by atomic mass is 10.1. The number of halogens is 1. The lowest BCUT2D eigenvalue weighted by Crippen LogP contribution is -2.51. The summed E-state index contributed by atoms with van der Waals surface area (Å²) in [5.41, 5.74) is 2.32. The van der Waals surface area contributed by atoms with Gasteiger partial charge in [0.05, 0.1) is 16.8 Å². The molecule has 1 fully saturated rings. The molecule has 3 aromatic heterocycles. The van der Waals surface area contributed by atoms with Crippen molar-refractivity contribution in [1.29, 1.82) is 0 Å². The predicted molar refractivity (Wildman–Crippen MR) is 98.9 cm³/mol. The minimum absolute atomic E-state index is 0.0740. The van der Waals surface area contributed by atoms with Crippen molar-refractivity contribution in [3.05, 3.63) is 67.1 Å². The molecule has 0 saturated carbocycles. The average Bonchev–Trinajstić information content (AvgIpc) is 3.29. The highest BCUT2D eigenvalue weighted by atomic mass is 32.2. The second-order valence-electron chi connectivity index (χ2n) is 6.43. The van der Waals surface area contributed by atoms with E-state index in [1.807, 2.05) is 12.3 Å². The summed E-state index contributed by atoms with van der Waals surface area (Å²) >= 11 is 0. The number of aromatic amines is 1. The van der Waals surface area contributed by atoms with Crippen LogP contribution in [0.25, 0.3) is 22.3 Å². The molecule has 0 bridgehead atoms. The Morgan fingerprint density at radius 3 is 2.64 bits per heavy atom. The van der Waals surface area contributed by atoms with Crippen LogP contribution < -0.4 is 0 Å². The number of fused-ring (bicyclic) bond motifs is 1. The highest BCUT2D eigenvalue weighted by Crippen LogP contribution is 2.30. The lowest BCUT2D eigenvalue weighted by Gasteiger charge is -2.37. The summed E-state index contributed by atoms with van der Waals surface area (Å²) in [4.78, 5) is 11.6. The van der Waals surface area contributed by atoms with Crippen molar-refractivity contribution >= 4 is 21.1 Å². The van der Waals surface area contributed by atoms with Crippen LogP contribution in [-0.2, 0) is 10.0 Å². The monoisotopic (exact) mass is 397 g/mol. The quantitative estimate of drug-likeness (QED) is 0.568. The molecule has 4 aromatic rings. The molecule has 0 unspecified atom stereocenters. The molecule has 1 radical (unpaired) electrons. The summed E-state index contributed by atoms with van der Waals surface area (Å²) in [5, 5.41) is 5.23. The lowest BCUT2D eigenvalue weighted by molar-refractivity contribution is 0.303. The van der Waals surface area contributed by atoms with Crippen molar-refractivity contribution in [3.8, 4) is 11.3 Å². The summed E-state index contributed by atoms with van der Waals surface area (Å²) in [6, 6.07) is 7.56. The Bertz CT molecular complexity index is 1260. The Hall–Kier alpha value is -3.11. The Morgan fingerprint density at radius 2 is 1.86 bits per heavy atom. The van der Waals surface area contributed by atoms with Gasteiger partial charge in [0.15, 0.2) is 0 Å². The number of hydrogen-bond acceptors (Lipinski definition) is 5. The van der Waals surface area contributed by atoms with Gasteiger partial charge in [0.25, 0.3) is 0 Å². The van der Waals surface area contributed by atoms with Crippen molar-refractivity contribution < 1.29 is 12.8 Å². The Morgan fingerprint density at radius 1 is 1.07 bits per heavy atom. The zero-order valence-electron chi connectivity index (χ0n) is 14.4. The molecule has 5 rings (SSSR count). The number of H-pyrrole nitrogens is 1. The van der Waals surface area contributed by atoms with Crippen molar-refractivity contribution in [2.45, 2.75) is 4.90 Å². The summed E-state index contributed by atoms with van der Waals surface area (Å²) in [6.07, 6.45) is 6.80. The first-order valence-electron chi connectivity index (χ1n) is 8.46. The molecule has 8 nitrogen and oxygen atoms in total. The SMILES string of the molecule is O=S(=O)(c1ccc(F)cc1)N1C[C](n2cc(-c3ncnc4[nH]ccc34)cn2)C1. The smallest absolute Gasteiger partial charge is 0.243 e. The fourth-order valence-electron chi connectivity index (χ4n) is 3.15.